The molecule has 35 heavy (non-hydrogen) atoms. The van der Waals surface area contributed by atoms with E-state index in [-0.39, 0.29) is 23.1 Å². The van der Waals surface area contributed by atoms with Crippen LogP contribution in [-0.2, 0) is 4.74 Å². The van der Waals surface area contributed by atoms with Gasteiger partial charge in [0.25, 0.3) is 0 Å². The Morgan fingerprint density at radius 2 is 1.26 bits per heavy atom. The summed E-state index contributed by atoms with van der Waals surface area (Å²) in [5.41, 5.74) is 5.45. The number of rotatable bonds is 8. The van der Waals surface area contributed by atoms with Crippen LogP contribution in [0.1, 0.15) is 76.2 Å². The van der Waals surface area contributed by atoms with Crippen molar-refractivity contribution < 1.29 is 14.6 Å². The van der Waals surface area contributed by atoms with Crippen molar-refractivity contribution in [3.8, 4) is 5.75 Å². The van der Waals surface area contributed by atoms with Crippen molar-refractivity contribution in [3.05, 3.63) is 137 Å². The number of phenolic OH excluding ortho intramolecular Hbond substituents is 1. The summed E-state index contributed by atoms with van der Waals surface area (Å²) < 4.78 is 5.05. The number of benzene rings is 4. The van der Waals surface area contributed by atoms with Crippen molar-refractivity contribution >= 4 is 5.97 Å². The average Bonchev–Trinajstić information content (AvgIpc) is 2.92. The fourth-order valence-corrected chi connectivity index (χ4v) is 4.82. The van der Waals surface area contributed by atoms with Crippen molar-refractivity contribution in [2.24, 2.45) is 0 Å². The van der Waals surface area contributed by atoms with Crippen LogP contribution in [-0.4, -0.2) is 18.2 Å². The summed E-state index contributed by atoms with van der Waals surface area (Å²) in [6.45, 7) is 4.29. The van der Waals surface area contributed by atoms with Crippen LogP contribution in [0.4, 0.5) is 0 Å². The Hall–Kier alpha value is -3.85. The molecule has 4 rings (SSSR count). The first-order valence-electron chi connectivity index (χ1n) is 12.1. The number of methoxy groups -OCH3 is 1. The van der Waals surface area contributed by atoms with E-state index in [1.807, 2.05) is 54.6 Å². The Kier molecular flexibility index (Phi) is 7.67. The van der Waals surface area contributed by atoms with Gasteiger partial charge in [-0.3, -0.25) is 0 Å². The molecule has 3 atom stereocenters. The minimum absolute atomic E-state index is 0.0140. The van der Waals surface area contributed by atoms with E-state index in [9.17, 15) is 9.90 Å². The zero-order valence-electron chi connectivity index (χ0n) is 20.5. The summed E-state index contributed by atoms with van der Waals surface area (Å²) in [5, 5.41) is 11.2. The summed E-state index contributed by atoms with van der Waals surface area (Å²) in [4.78, 5) is 12.7. The molecule has 3 heteroatoms. The molecule has 0 fully saturated rings. The first-order valence-corrected chi connectivity index (χ1v) is 12.1. The molecule has 0 aliphatic heterocycles. The van der Waals surface area contributed by atoms with Crippen molar-refractivity contribution in [2.45, 2.75) is 38.0 Å². The molecule has 0 heterocycles. The molecule has 0 aliphatic carbocycles. The molecule has 178 valence electrons. The van der Waals surface area contributed by atoms with Crippen LogP contribution in [0.2, 0.25) is 0 Å². The molecule has 0 amide bonds. The van der Waals surface area contributed by atoms with Gasteiger partial charge in [0.05, 0.1) is 7.11 Å². The van der Waals surface area contributed by atoms with Crippen molar-refractivity contribution in [2.75, 3.05) is 7.11 Å². The summed E-state index contributed by atoms with van der Waals surface area (Å²) in [7, 11) is 1.35. The van der Waals surface area contributed by atoms with Gasteiger partial charge in [-0.05, 0) is 40.7 Å². The number of ether oxygens (including phenoxy) is 1. The smallest absolute Gasteiger partial charge is 0.341 e. The lowest BCUT2D eigenvalue weighted by Gasteiger charge is -2.25. The minimum Gasteiger partial charge on any atom is -0.507 e. The van der Waals surface area contributed by atoms with Crippen LogP contribution in [0, 0.1) is 0 Å². The number of hydrogen-bond donors (Lipinski definition) is 1. The zero-order chi connectivity index (χ0) is 24.8. The Balaban J connectivity index is 1.85. The maximum atomic E-state index is 12.7. The SMILES string of the molecule is COC(=O)c1cc(C(CC(C)c2ccccc2)c2ccccc2)cc(C(C)c2ccccc2)c1O. The lowest BCUT2D eigenvalue weighted by Crippen LogP contribution is -2.11. The number of phenols is 1. The lowest BCUT2D eigenvalue weighted by atomic mass is 9.79. The van der Waals surface area contributed by atoms with Gasteiger partial charge in [-0.2, -0.15) is 0 Å². The highest BCUT2D eigenvalue weighted by Gasteiger charge is 2.26. The van der Waals surface area contributed by atoms with Gasteiger partial charge in [-0.15, -0.1) is 0 Å². The van der Waals surface area contributed by atoms with E-state index in [4.69, 9.17) is 4.74 Å². The fraction of sp³-hybridized carbons (Fsp3) is 0.219. The van der Waals surface area contributed by atoms with Gasteiger partial charge in [-0.25, -0.2) is 4.79 Å². The van der Waals surface area contributed by atoms with Gasteiger partial charge in [0, 0.05) is 17.4 Å². The van der Waals surface area contributed by atoms with Crippen molar-refractivity contribution in [1.29, 1.82) is 0 Å². The van der Waals surface area contributed by atoms with Crippen LogP contribution < -0.4 is 0 Å². The molecule has 1 N–H and O–H groups in total. The molecular weight excluding hydrogens is 432 g/mol. The summed E-state index contributed by atoms with van der Waals surface area (Å²) in [6, 6.07) is 34.8. The van der Waals surface area contributed by atoms with Gasteiger partial charge in [0.15, 0.2) is 0 Å². The molecule has 4 aromatic carbocycles. The van der Waals surface area contributed by atoms with E-state index in [0.29, 0.717) is 5.92 Å². The second-order valence-corrected chi connectivity index (χ2v) is 9.14. The molecule has 0 radical (unpaired) electrons. The Morgan fingerprint density at radius 1 is 0.743 bits per heavy atom. The Bertz CT molecular complexity index is 1250. The Labute approximate surface area is 208 Å². The van der Waals surface area contributed by atoms with Gasteiger partial charge in [0.2, 0.25) is 0 Å². The molecule has 0 spiro atoms. The van der Waals surface area contributed by atoms with Gasteiger partial charge in [-0.1, -0.05) is 111 Å². The number of carbonyl (C=O) groups is 1. The lowest BCUT2D eigenvalue weighted by molar-refractivity contribution is 0.0597. The van der Waals surface area contributed by atoms with Crippen molar-refractivity contribution in [1.82, 2.24) is 0 Å². The van der Waals surface area contributed by atoms with E-state index in [0.717, 1.165) is 23.1 Å². The quantitative estimate of drug-likeness (QED) is 0.272. The molecule has 0 saturated heterocycles. The van der Waals surface area contributed by atoms with Crippen molar-refractivity contribution in [3.63, 3.8) is 0 Å². The highest BCUT2D eigenvalue weighted by molar-refractivity contribution is 5.93. The Morgan fingerprint density at radius 3 is 1.80 bits per heavy atom. The number of aromatic hydroxyl groups is 1. The number of esters is 1. The topological polar surface area (TPSA) is 46.5 Å². The predicted octanol–water partition coefficient (Wildman–Crippen LogP) is 7.66. The van der Waals surface area contributed by atoms with Gasteiger partial charge in [0.1, 0.15) is 11.3 Å². The third-order valence-corrected chi connectivity index (χ3v) is 6.90. The molecule has 3 unspecified atom stereocenters. The molecule has 0 bridgehead atoms. The second kappa shape index (κ2) is 11.1. The van der Waals surface area contributed by atoms with Crippen LogP contribution in [0.15, 0.2) is 103 Å². The largest absolute Gasteiger partial charge is 0.507 e. The molecule has 4 aromatic rings. The van der Waals surface area contributed by atoms with Crippen LogP contribution >= 0.6 is 0 Å². The van der Waals surface area contributed by atoms with Crippen LogP contribution in [0.3, 0.4) is 0 Å². The highest BCUT2D eigenvalue weighted by atomic mass is 16.5. The average molecular weight is 465 g/mol. The normalized spacial score (nSPS) is 13.6. The standard InChI is InChI=1S/C32H32O3/c1-22(24-13-7-4-8-14-24)19-29(26-17-11-6-12-18-26)27-20-28(23(2)25-15-9-5-10-16-25)31(33)30(21-27)32(34)35-3/h4-18,20-23,29,33H,19H2,1-3H3. The summed E-state index contributed by atoms with van der Waals surface area (Å²) >= 11 is 0. The third kappa shape index (κ3) is 5.46. The monoisotopic (exact) mass is 464 g/mol. The van der Waals surface area contributed by atoms with E-state index < -0.39 is 5.97 Å². The summed E-state index contributed by atoms with van der Waals surface area (Å²) in [6.07, 6.45) is 0.860. The molecule has 3 nitrogen and oxygen atoms in total. The zero-order valence-corrected chi connectivity index (χ0v) is 20.5. The number of hydrogen-bond acceptors (Lipinski definition) is 3. The molecule has 0 saturated carbocycles. The van der Waals surface area contributed by atoms with E-state index in [2.05, 4.69) is 56.3 Å². The fourth-order valence-electron chi connectivity index (χ4n) is 4.82. The van der Waals surface area contributed by atoms with E-state index >= 15 is 0 Å². The minimum atomic E-state index is -0.534. The summed E-state index contributed by atoms with van der Waals surface area (Å²) in [5.74, 6) is -0.305. The maximum Gasteiger partial charge on any atom is 0.341 e. The maximum absolute atomic E-state index is 12.7. The predicted molar refractivity (Wildman–Crippen MR) is 141 cm³/mol. The first kappa shape index (κ1) is 24.3. The van der Waals surface area contributed by atoms with E-state index in [1.54, 1.807) is 6.07 Å². The third-order valence-electron chi connectivity index (χ3n) is 6.90. The van der Waals surface area contributed by atoms with Gasteiger partial charge >= 0.3 is 5.97 Å². The number of carbonyl (C=O) groups excluding carboxylic acids is 1. The van der Waals surface area contributed by atoms with Crippen LogP contribution in [0.5, 0.6) is 5.75 Å². The highest BCUT2D eigenvalue weighted by Crippen LogP contribution is 2.41. The molecule has 0 aliphatic rings. The first-order chi connectivity index (χ1) is 17.0. The van der Waals surface area contributed by atoms with E-state index in [1.165, 1.54) is 18.2 Å². The van der Waals surface area contributed by atoms with Crippen LogP contribution in [0.25, 0.3) is 0 Å². The second-order valence-electron chi connectivity index (χ2n) is 9.14. The molecule has 0 aromatic heterocycles. The molecular formula is C32H32O3. The van der Waals surface area contributed by atoms with Gasteiger partial charge < -0.3 is 9.84 Å².